The number of fused-ring (bicyclic) bond motifs is 3. The molecule has 2 aliphatic rings. The molecule has 2 aliphatic heterocycles. The largest absolute Gasteiger partial charge is 0.573 e. The van der Waals surface area contributed by atoms with Crippen molar-refractivity contribution in [3.8, 4) is 11.5 Å². The van der Waals surface area contributed by atoms with Crippen molar-refractivity contribution in [2.24, 2.45) is 0 Å². The molecule has 1 aromatic rings. The molecule has 8 heteroatoms. The number of hydrogen-bond acceptors (Lipinski definition) is 5. The van der Waals surface area contributed by atoms with Crippen LogP contribution in [0.2, 0.25) is 0 Å². The lowest BCUT2D eigenvalue weighted by molar-refractivity contribution is -0.274. The number of methoxy groups -OCH3 is 2. The number of ether oxygens (including phenoxy) is 5. The Kier molecular flexibility index (Phi) is 3.50. The maximum atomic E-state index is 12.3. The molecule has 1 aromatic carbocycles. The monoisotopic (exact) mass is 320 g/mol. The van der Waals surface area contributed by atoms with Crippen molar-refractivity contribution in [2.45, 2.75) is 37.4 Å². The smallest absolute Gasteiger partial charge is 0.479 e. The van der Waals surface area contributed by atoms with Gasteiger partial charge in [0.1, 0.15) is 23.7 Å². The average molecular weight is 320 g/mol. The molecule has 0 aromatic heterocycles. The quantitative estimate of drug-likeness (QED) is 0.631. The topological polar surface area (TPSA) is 49.5 Å². The summed E-state index contributed by atoms with van der Waals surface area (Å²) in [4.78, 5) is 0. The summed E-state index contributed by atoms with van der Waals surface area (Å²) in [6.45, 7) is 1.78. The van der Waals surface area contributed by atoms with Crippen LogP contribution in [0.15, 0.2) is 18.2 Å². The highest BCUT2D eigenvalue weighted by molar-refractivity contribution is 5.47. The molecular formula is C14H15F3O5. The summed E-state index contributed by atoms with van der Waals surface area (Å²) in [6.07, 6.45) is -6.12. The molecule has 3 unspecified atom stereocenters. The molecule has 0 saturated carbocycles. The SMILES string of the molecule is COC(OC)C1(C)Oc2ccc(OC(F)(F)F)cc2C2OC21. The van der Waals surface area contributed by atoms with Crippen LogP contribution in [0.4, 0.5) is 13.2 Å². The van der Waals surface area contributed by atoms with Crippen LogP contribution in [0.5, 0.6) is 11.5 Å². The van der Waals surface area contributed by atoms with Crippen molar-refractivity contribution >= 4 is 0 Å². The van der Waals surface area contributed by atoms with E-state index in [1.807, 2.05) is 0 Å². The summed E-state index contributed by atoms with van der Waals surface area (Å²) in [7, 11) is 2.96. The minimum atomic E-state index is -4.74. The number of epoxide rings is 1. The highest BCUT2D eigenvalue weighted by Gasteiger charge is 2.63. The first-order valence-corrected chi connectivity index (χ1v) is 6.58. The Morgan fingerprint density at radius 1 is 1.23 bits per heavy atom. The third-order valence-corrected chi connectivity index (χ3v) is 3.80. The summed E-state index contributed by atoms with van der Waals surface area (Å²) in [5.74, 6) is 0.123. The van der Waals surface area contributed by atoms with E-state index in [1.165, 1.54) is 32.4 Å². The van der Waals surface area contributed by atoms with Gasteiger partial charge in [-0.05, 0) is 25.1 Å². The molecule has 22 heavy (non-hydrogen) atoms. The lowest BCUT2D eigenvalue weighted by Crippen LogP contribution is -2.53. The number of alkyl halides is 3. The Hall–Kier alpha value is -1.51. The molecule has 0 radical (unpaired) electrons. The van der Waals surface area contributed by atoms with E-state index in [2.05, 4.69) is 4.74 Å². The molecule has 3 rings (SSSR count). The van der Waals surface area contributed by atoms with Crippen LogP contribution in [0.3, 0.4) is 0 Å². The van der Waals surface area contributed by atoms with E-state index in [9.17, 15) is 13.2 Å². The second kappa shape index (κ2) is 5.00. The van der Waals surface area contributed by atoms with Crippen molar-refractivity contribution in [3.63, 3.8) is 0 Å². The molecule has 0 spiro atoms. The standard InChI is InChI=1S/C14H15F3O5/c1-13(12(18-2)19-3)11-10(20-11)8-6-7(21-14(15,16)17)4-5-9(8)22-13/h4-6,10-12H,1-3H3. The fourth-order valence-electron chi connectivity index (χ4n) is 2.87. The van der Waals surface area contributed by atoms with Gasteiger partial charge in [0.15, 0.2) is 11.9 Å². The fourth-order valence-corrected chi connectivity index (χ4v) is 2.87. The van der Waals surface area contributed by atoms with E-state index in [0.29, 0.717) is 11.3 Å². The molecular weight excluding hydrogens is 305 g/mol. The van der Waals surface area contributed by atoms with Gasteiger partial charge in [-0.2, -0.15) is 0 Å². The first-order chi connectivity index (χ1) is 10.3. The Balaban J connectivity index is 1.89. The van der Waals surface area contributed by atoms with Gasteiger partial charge in [0.05, 0.1) is 0 Å². The Labute approximate surface area is 124 Å². The molecule has 2 heterocycles. The summed E-state index contributed by atoms with van der Waals surface area (Å²) in [5.41, 5.74) is -0.358. The zero-order chi connectivity index (χ0) is 16.1. The van der Waals surface area contributed by atoms with Crippen molar-refractivity contribution in [1.29, 1.82) is 0 Å². The molecule has 0 amide bonds. The molecule has 0 N–H and O–H groups in total. The first kappa shape index (κ1) is 15.4. The fraction of sp³-hybridized carbons (Fsp3) is 0.571. The van der Waals surface area contributed by atoms with Gasteiger partial charge < -0.3 is 23.7 Å². The second-order valence-corrected chi connectivity index (χ2v) is 5.31. The van der Waals surface area contributed by atoms with Crippen LogP contribution < -0.4 is 9.47 Å². The van der Waals surface area contributed by atoms with Crippen LogP contribution in [-0.2, 0) is 14.2 Å². The lowest BCUT2D eigenvalue weighted by atomic mass is 9.91. The van der Waals surface area contributed by atoms with Gasteiger partial charge in [-0.25, -0.2) is 0 Å². The van der Waals surface area contributed by atoms with Crippen molar-refractivity contribution in [2.75, 3.05) is 14.2 Å². The molecule has 0 bridgehead atoms. The van der Waals surface area contributed by atoms with Gasteiger partial charge >= 0.3 is 6.36 Å². The first-order valence-electron chi connectivity index (χ1n) is 6.58. The van der Waals surface area contributed by atoms with Gasteiger partial charge in [-0.1, -0.05) is 0 Å². The lowest BCUT2D eigenvalue weighted by Gasteiger charge is -2.37. The zero-order valence-corrected chi connectivity index (χ0v) is 12.1. The van der Waals surface area contributed by atoms with E-state index >= 15 is 0 Å². The van der Waals surface area contributed by atoms with E-state index in [4.69, 9.17) is 18.9 Å². The van der Waals surface area contributed by atoms with Crippen LogP contribution >= 0.6 is 0 Å². The third kappa shape index (κ3) is 2.51. The zero-order valence-electron chi connectivity index (χ0n) is 12.1. The summed E-state index contributed by atoms with van der Waals surface area (Å²) in [6, 6.07) is 3.90. The minimum Gasteiger partial charge on any atom is -0.479 e. The number of hydrogen-bond donors (Lipinski definition) is 0. The van der Waals surface area contributed by atoms with Gasteiger partial charge in [0.2, 0.25) is 0 Å². The highest BCUT2D eigenvalue weighted by Crippen LogP contribution is 2.55. The predicted molar refractivity (Wildman–Crippen MR) is 67.6 cm³/mol. The molecule has 3 atom stereocenters. The van der Waals surface area contributed by atoms with Gasteiger partial charge in [-0.15, -0.1) is 13.2 Å². The molecule has 0 aliphatic carbocycles. The van der Waals surface area contributed by atoms with E-state index < -0.39 is 18.3 Å². The maximum Gasteiger partial charge on any atom is 0.573 e. The molecule has 122 valence electrons. The normalized spacial score (nSPS) is 29.6. The molecule has 1 fully saturated rings. The number of halogens is 3. The Morgan fingerprint density at radius 3 is 2.50 bits per heavy atom. The summed E-state index contributed by atoms with van der Waals surface area (Å²) >= 11 is 0. The van der Waals surface area contributed by atoms with Crippen molar-refractivity contribution in [1.82, 2.24) is 0 Å². The Bertz CT molecular complexity index is 572. The summed E-state index contributed by atoms with van der Waals surface area (Å²) in [5, 5.41) is 0. The van der Waals surface area contributed by atoms with Crippen molar-refractivity contribution < 1.29 is 36.9 Å². The van der Waals surface area contributed by atoms with E-state index in [-0.39, 0.29) is 18.0 Å². The minimum absolute atomic E-state index is 0.303. The maximum absolute atomic E-state index is 12.3. The highest BCUT2D eigenvalue weighted by atomic mass is 19.4. The van der Waals surface area contributed by atoms with Crippen LogP contribution in [0.1, 0.15) is 18.6 Å². The van der Waals surface area contributed by atoms with Crippen LogP contribution in [0, 0.1) is 0 Å². The van der Waals surface area contributed by atoms with Crippen molar-refractivity contribution in [3.05, 3.63) is 23.8 Å². The van der Waals surface area contributed by atoms with Crippen LogP contribution in [0.25, 0.3) is 0 Å². The third-order valence-electron chi connectivity index (χ3n) is 3.80. The van der Waals surface area contributed by atoms with E-state index in [1.54, 1.807) is 6.92 Å². The average Bonchev–Trinajstić information content (AvgIpc) is 3.21. The second-order valence-electron chi connectivity index (χ2n) is 5.31. The number of benzene rings is 1. The molecule has 5 nitrogen and oxygen atoms in total. The van der Waals surface area contributed by atoms with Gasteiger partial charge in [0.25, 0.3) is 0 Å². The summed E-state index contributed by atoms with van der Waals surface area (Å²) < 4.78 is 62.7. The predicted octanol–water partition coefficient (Wildman–Crippen LogP) is 2.80. The van der Waals surface area contributed by atoms with Gasteiger partial charge in [-0.3, -0.25) is 0 Å². The molecule has 1 saturated heterocycles. The Morgan fingerprint density at radius 2 is 1.91 bits per heavy atom. The van der Waals surface area contributed by atoms with E-state index in [0.717, 1.165) is 0 Å². The van der Waals surface area contributed by atoms with Gasteiger partial charge in [0, 0.05) is 19.8 Å². The number of rotatable bonds is 4. The van der Waals surface area contributed by atoms with Crippen LogP contribution in [-0.4, -0.2) is 38.6 Å².